The lowest BCUT2D eigenvalue weighted by Gasteiger charge is -2.16. The van der Waals surface area contributed by atoms with E-state index in [-0.39, 0.29) is 0 Å². The molecule has 0 amide bonds. The van der Waals surface area contributed by atoms with Crippen molar-refractivity contribution in [2.24, 2.45) is 10.8 Å². The van der Waals surface area contributed by atoms with E-state index in [0.29, 0.717) is 13.2 Å². The van der Waals surface area contributed by atoms with Gasteiger partial charge in [-0.25, -0.2) is 0 Å². The summed E-state index contributed by atoms with van der Waals surface area (Å²) in [5, 5.41) is 0. The normalized spacial score (nSPS) is 22.9. The molecule has 0 saturated heterocycles. The van der Waals surface area contributed by atoms with E-state index < -0.39 is 22.8 Å². The molecule has 2 aliphatic rings. The van der Waals surface area contributed by atoms with E-state index in [1.54, 1.807) is 14.2 Å². The molecule has 0 unspecified atom stereocenters. The minimum Gasteiger partial charge on any atom is -0.392 e. The zero-order chi connectivity index (χ0) is 12.5. The molecule has 0 bridgehead atoms. The second kappa shape index (κ2) is 4.38. The quantitative estimate of drug-likeness (QED) is 0.511. The molecular formula is C12H18O5. The largest absolute Gasteiger partial charge is 0.392 e. The van der Waals surface area contributed by atoms with Crippen LogP contribution in [0.1, 0.15) is 25.7 Å². The second-order valence-corrected chi connectivity index (χ2v) is 5.10. The average Bonchev–Trinajstić information content (AvgIpc) is 3.14. The van der Waals surface area contributed by atoms with Gasteiger partial charge < -0.3 is 14.2 Å². The fourth-order valence-electron chi connectivity index (χ4n) is 1.97. The Kier molecular flexibility index (Phi) is 3.23. The smallest absolute Gasteiger partial charge is 0.322 e. The van der Waals surface area contributed by atoms with Gasteiger partial charge >= 0.3 is 11.9 Å². The van der Waals surface area contributed by atoms with Crippen molar-refractivity contribution in [3.63, 3.8) is 0 Å². The third kappa shape index (κ3) is 2.35. The Balaban J connectivity index is 1.89. The number of methoxy groups -OCH3 is 2. The van der Waals surface area contributed by atoms with Crippen LogP contribution >= 0.6 is 0 Å². The van der Waals surface area contributed by atoms with Gasteiger partial charge in [0.1, 0.15) is 0 Å². The summed E-state index contributed by atoms with van der Waals surface area (Å²) in [6, 6.07) is 0. The van der Waals surface area contributed by atoms with Gasteiger partial charge in [0.05, 0.1) is 24.0 Å². The molecule has 0 aromatic carbocycles. The predicted octanol–water partition coefficient (Wildman–Crippen LogP) is 0.909. The third-order valence-corrected chi connectivity index (χ3v) is 3.60. The molecular weight excluding hydrogens is 224 g/mol. The lowest BCUT2D eigenvalue weighted by molar-refractivity contribution is -0.170. The van der Waals surface area contributed by atoms with Gasteiger partial charge in [-0.15, -0.1) is 0 Å². The van der Waals surface area contributed by atoms with Gasteiger partial charge in [0.25, 0.3) is 0 Å². The average molecular weight is 242 g/mol. The van der Waals surface area contributed by atoms with Gasteiger partial charge in [-0.2, -0.15) is 0 Å². The number of hydrogen-bond donors (Lipinski definition) is 0. The van der Waals surface area contributed by atoms with Crippen molar-refractivity contribution in [3.8, 4) is 0 Å². The van der Waals surface area contributed by atoms with E-state index >= 15 is 0 Å². The summed E-state index contributed by atoms with van der Waals surface area (Å²) in [5.41, 5.74) is -1.12. The van der Waals surface area contributed by atoms with Crippen molar-refractivity contribution in [2.45, 2.75) is 25.7 Å². The zero-order valence-electron chi connectivity index (χ0n) is 10.3. The molecule has 0 atom stereocenters. The highest BCUT2D eigenvalue weighted by molar-refractivity contribution is 5.94. The van der Waals surface area contributed by atoms with Crippen molar-refractivity contribution < 1.29 is 23.8 Å². The SMILES string of the molecule is COCC1(C(=O)OC(=O)C2(COC)CC2)CC1. The molecule has 0 N–H and O–H groups in total. The first-order chi connectivity index (χ1) is 8.08. The van der Waals surface area contributed by atoms with Crippen LogP contribution in [-0.4, -0.2) is 39.4 Å². The van der Waals surface area contributed by atoms with Crippen LogP contribution in [0.4, 0.5) is 0 Å². The highest BCUT2D eigenvalue weighted by atomic mass is 16.6. The lowest BCUT2D eigenvalue weighted by Crippen LogP contribution is -2.31. The molecule has 0 heterocycles. The first-order valence-corrected chi connectivity index (χ1v) is 5.83. The van der Waals surface area contributed by atoms with Crippen LogP contribution in [0, 0.1) is 10.8 Å². The maximum atomic E-state index is 11.8. The molecule has 96 valence electrons. The van der Waals surface area contributed by atoms with Crippen LogP contribution in [0.5, 0.6) is 0 Å². The van der Waals surface area contributed by atoms with Gasteiger partial charge in [-0.05, 0) is 25.7 Å². The topological polar surface area (TPSA) is 61.8 Å². The summed E-state index contributed by atoms with van der Waals surface area (Å²) >= 11 is 0. The van der Waals surface area contributed by atoms with Crippen LogP contribution in [0.25, 0.3) is 0 Å². The van der Waals surface area contributed by atoms with Gasteiger partial charge in [0, 0.05) is 14.2 Å². The highest BCUT2D eigenvalue weighted by Crippen LogP contribution is 2.50. The molecule has 0 spiro atoms. The van der Waals surface area contributed by atoms with Crippen LogP contribution in [0.3, 0.4) is 0 Å². The van der Waals surface area contributed by atoms with Crippen LogP contribution in [0.15, 0.2) is 0 Å². The molecule has 5 heteroatoms. The monoisotopic (exact) mass is 242 g/mol. The summed E-state index contributed by atoms with van der Waals surface area (Å²) in [7, 11) is 3.09. The maximum absolute atomic E-state index is 11.8. The zero-order valence-corrected chi connectivity index (χ0v) is 10.3. The molecule has 17 heavy (non-hydrogen) atoms. The first kappa shape index (κ1) is 12.5. The predicted molar refractivity (Wildman–Crippen MR) is 58.2 cm³/mol. The first-order valence-electron chi connectivity index (χ1n) is 5.83. The second-order valence-electron chi connectivity index (χ2n) is 5.10. The molecule has 5 nitrogen and oxygen atoms in total. The number of rotatable bonds is 6. The summed E-state index contributed by atoms with van der Waals surface area (Å²) in [6.07, 6.45) is 2.96. The molecule has 2 rings (SSSR count). The Morgan fingerprint density at radius 1 is 0.882 bits per heavy atom. The number of ether oxygens (including phenoxy) is 3. The minimum absolute atomic E-state index is 0.330. The molecule has 0 aliphatic heterocycles. The molecule has 0 aromatic heterocycles. The van der Waals surface area contributed by atoms with Crippen LogP contribution in [0.2, 0.25) is 0 Å². The van der Waals surface area contributed by atoms with Crippen molar-refractivity contribution >= 4 is 11.9 Å². The number of hydrogen-bond acceptors (Lipinski definition) is 5. The highest BCUT2D eigenvalue weighted by Gasteiger charge is 2.56. The van der Waals surface area contributed by atoms with Crippen LogP contribution < -0.4 is 0 Å². The van der Waals surface area contributed by atoms with Gasteiger partial charge in [-0.3, -0.25) is 9.59 Å². The Labute approximate surface area is 100 Å². The van der Waals surface area contributed by atoms with Crippen molar-refractivity contribution in [3.05, 3.63) is 0 Å². The van der Waals surface area contributed by atoms with Crippen LogP contribution in [-0.2, 0) is 23.8 Å². The van der Waals surface area contributed by atoms with E-state index in [1.807, 2.05) is 0 Å². The standard InChI is InChI=1S/C12H18O5/c1-15-7-11(3-4-11)9(13)17-10(14)12(5-6-12)8-16-2/h3-8H2,1-2H3. The Morgan fingerprint density at radius 3 is 1.47 bits per heavy atom. The summed E-state index contributed by atoms with van der Waals surface area (Å²) in [6.45, 7) is 0.660. The maximum Gasteiger partial charge on any atom is 0.322 e. The van der Waals surface area contributed by atoms with E-state index in [4.69, 9.17) is 14.2 Å². The number of carbonyl (C=O) groups excluding carboxylic acids is 2. The van der Waals surface area contributed by atoms with E-state index in [1.165, 1.54) is 0 Å². The van der Waals surface area contributed by atoms with Crippen molar-refractivity contribution in [1.29, 1.82) is 0 Å². The number of esters is 2. The summed E-state index contributed by atoms with van der Waals surface area (Å²) in [4.78, 5) is 23.7. The fraction of sp³-hybridized carbons (Fsp3) is 0.833. The lowest BCUT2D eigenvalue weighted by atomic mass is 10.1. The minimum atomic E-state index is -0.562. The third-order valence-electron chi connectivity index (χ3n) is 3.60. The Hall–Kier alpha value is -0.940. The van der Waals surface area contributed by atoms with Gasteiger partial charge in [0.2, 0.25) is 0 Å². The molecule has 2 saturated carbocycles. The van der Waals surface area contributed by atoms with E-state index in [0.717, 1.165) is 25.7 Å². The molecule has 0 aromatic rings. The summed E-state index contributed by atoms with van der Waals surface area (Å²) < 4.78 is 14.9. The van der Waals surface area contributed by atoms with Gasteiger partial charge in [0.15, 0.2) is 0 Å². The van der Waals surface area contributed by atoms with Crippen molar-refractivity contribution in [1.82, 2.24) is 0 Å². The number of carbonyl (C=O) groups is 2. The van der Waals surface area contributed by atoms with Crippen molar-refractivity contribution in [2.75, 3.05) is 27.4 Å². The Bertz CT molecular complexity index is 296. The van der Waals surface area contributed by atoms with Gasteiger partial charge in [-0.1, -0.05) is 0 Å². The fourth-order valence-corrected chi connectivity index (χ4v) is 1.97. The Morgan fingerprint density at radius 2 is 1.24 bits per heavy atom. The molecule has 0 radical (unpaired) electrons. The van der Waals surface area contributed by atoms with E-state index in [2.05, 4.69) is 0 Å². The van der Waals surface area contributed by atoms with E-state index in [9.17, 15) is 9.59 Å². The molecule has 2 fully saturated rings. The molecule has 2 aliphatic carbocycles. The summed E-state index contributed by atoms with van der Waals surface area (Å²) in [5.74, 6) is -0.876.